The molecular weight excluding hydrogens is 346 g/mol. The van der Waals surface area contributed by atoms with Crippen LogP contribution >= 0.6 is 0 Å². The molecule has 1 aliphatic carbocycles. The van der Waals surface area contributed by atoms with Crippen molar-refractivity contribution >= 4 is 5.91 Å². The van der Waals surface area contributed by atoms with Crippen molar-refractivity contribution in [1.29, 1.82) is 0 Å². The number of benzene rings is 1. The first-order valence-corrected chi connectivity index (χ1v) is 10.5. The number of rotatable bonds is 3. The summed E-state index contributed by atoms with van der Waals surface area (Å²) in [6.45, 7) is 12.2. The highest BCUT2D eigenvalue weighted by atomic mass is 16.1. The molecule has 2 heterocycles. The second kappa shape index (κ2) is 7.50. The summed E-state index contributed by atoms with van der Waals surface area (Å²) < 4.78 is 0. The van der Waals surface area contributed by atoms with E-state index in [1.54, 1.807) is 0 Å². The Labute approximate surface area is 168 Å². The molecular formula is C24H31N3O. The van der Waals surface area contributed by atoms with Crippen LogP contribution in [-0.2, 0) is 16.8 Å². The molecule has 0 unspecified atom stereocenters. The van der Waals surface area contributed by atoms with E-state index in [0.29, 0.717) is 0 Å². The molecule has 4 nitrogen and oxygen atoms in total. The number of carbonyl (C=O) groups excluding carboxylic acids is 1. The van der Waals surface area contributed by atoms with Crippen molar-refractivity contribution in [1.82, 2.24) is 15.5 Å². The van der Waals surface area contributed by atoms with Gasteiger partial charge in [-0.3, -0.25) is 4.79 Å². The first-order valence-electron chi connectivity index (χ1n) is 10.5. The predicted molar refractivity (Wildman–Crippen MR) is 113 cm³/mol. The summed E-state index contributed by atoms with van der Waals surface area (Å²) in [6, 6.07) is 8.70. The van der Waals surface area contributed by atoms with E-state index in [1.807, 2.05) is 0 Å². The number of hydrogen-bond donors (Lipinski definition) is 2. The van der Waals surface area contributed by atoms with E-state index < -0.39 is 0 Å². The SMILES string of the molecule is C=C1Cc2ccccc2C2(CCN(C(=C)NC(=O)C3=C(C)CCCC3)CC2)N1. The monoisotopic (exact) mass is 377 g/mol. The van der Waals surface area contributed by atoms with Crippen LogP contribution in [0.2, 0.25) is 0 Å². The molecule has 0 radical (unpaired) electrons. The number of fused-ring (bicyclic) bond motifs is 2. The molecule has 1 aromatic carbocycles. The highest BCUT2D eigenvalue weighted by molar-refractivity contribution is 5.95. The topological polar surface area (TPSA) is 44.4 Å². The normalized spacial score (nSPS) is 21.2. The average molecular weight is 378 g/mol. The van der Waals surface area contributed by atoms with E-state index in [-0.39, 0.29) is 11.4 Å². The molecule has 0 aromatic heterocycles. The van der Waals surface area contributed by atoms with Crippen LogP contribution in [0.4, 0.5) is 0 Å². The molecule has 1 fully saturated rings. The number of likely N-dealkylation sites (tertiary alicyclic amines) is 1. The number of nitrogens with one attached hydrogen (secondary N) is 2. The summed E-state index contributed by atoms with van der Waals surface area (Å²) in [7, 11) is 0. The standard InChI is InChI=1S/C24H31N3O/c1-17-8-4-6-10-21(17)23(28)25-19(3)27-14-12-24(13-15-27)22-11-7-5-9-20(22)16-18(2)26-24/h5,7,9,11,26H,2-4,6,8,10,12-16H2,1H3,(H,25,28). The molecule has 148 valence electrons. The van der Waals surface area contributed by atoms with Gasteiger partial charge in [-0.2, -0.15) is 0 Å². The summed E-state index contributed by atoms with van der Waals surface area (Å²) in [5.41, 5.74) is 6.02. The molecule has 1 aromatic rings. The molecule has 1 amide bonds. The Morgan fingerprint density at radius 3 is 2.64 bits per heavy atom. The smallest absolute Gasteiger partial charge is 0.252 e. The van der Waals surface area contributed by atoms with Crippen molar-refractivity contribution in [3.05, 3.63) is 71.2 Å². The van der Waals surface area contributed by atoms with Gasteiger partial charge >= 0.3 is 0 Å². The van der Waals surface area contributed by atoms with Crippen LogP contribution in [0.3, 0.4) is 0 Å². The summed E-state index contributed by atoms with van der Waals surface area (Å²) in [5.74, 6) is 0.769. The molecule has 1 spiro atoms. The van der Waals surface area contributed by atoms with Gasteiger partial charge in [0.1, 0.15) is 5.82 Å². The van der Waals surface area contributed by atoms with Crippen LogP contribution in [0.25, 0.3) is 0 Å². The maximum Gasteiger partial charge on any atom is 0.252 e. The number of amides is 1. The zero-order valence-electron chi connectivity index (χ0n) is 16.9. The quantitative estimate of drug-likeness (QED) is 0.833. The van der Waals surface area contributed by atoms with Gasteiger partial charge in [0.25, 0.3) is 5.91 Å². The van der Waals surface area contributed by atoms with Gasteiger partial charge in [-0.25, -0.2) is 0 Å². The van der Waals surface area contributed by atoms with Gasteiger partial charge in [0.05, 0.1) is 5.54 Å². The number of allylic oxidation sites excluding steroid dienone is 2. The Balaban J connectivity index is 1.42. The van der Waals surface area contributed by atoms with E-state index in [9.17, 15) is 4.79 Å². The van der Waals surface area contributed by atoms with E-state index in [0.717, 1.165) is 68.7 Å². The van der Waals surface area contributed by atoms with E-state index in [4.69, 9.17) is 0 Å². The van der Waals surface area contributed by atoms with Crippen LogP contribution in [0, 0.1) is 0 Å². The van der Waals surface area contributed by atoms with Crippen LogP contribution in [0.1, 0.15) is 56.6 Å². The van der Waals surface area contributed by atoms with Crippen LogP contribution in [0.15, 0.2) is 60.1 Å². The van der Waals surface area contributed by atoms with Gasteiger partial charge in [0.15, 0.2) is 0 Å². The van der Waals surface area contributed by atoms with E-state index in [1.165, 1.54) is 23.1 Å². The third kappa shape index (κ3) is 3.48. The second-order valence-corrected chi connectivity index (χ2v) is 8.50. The maximum absolute atomic E-state index is 12.7. The number of nitrogens with zero attached hydrogens (tertiary/aromatic N) is 1. The minimum atomic E-state index is -0.0464. The van der Waals surface area contributed by atoms with Gasteiger partial charge in [-0.1, -0.05) is 43.0 Å². The number of piperidine rings is 1. The molecule has 4 rings (SSSR count). The molecule has 0 saturated carbocycles. The fourth-order valence-electron chi connectivity index (χ4n) is 5.02. The Kier molecular flexibility index (Phi) is 5.05. The maximum atomic E-state index is 12.7. The van der Waals surface area contributed by atoms with Crippen molar-refractivity contribution < 1.29 is 4.79 Å². The summed E-state index contributed by atoms with van der Waals surface area (Å²) in [5, 5.41) is 6.77. The van der Waals surface area contributed by atoms with Crippen molar-refractivity contribution in [2.45, 2.75) is 57.4 Å². The van der Waals surface area contributed by atoms with Crippen molar-refractivity contribution in [3.63, 3.8) is 0 Å². The van der Waals surface area contributed by atoms with E-state index >= 15 is 0 Å². The lowest BCUT2D eigenvalue weighted by Crippen LogP contribution is -2.53. The highest BCUT2D eigenvalue weighted by Crippen LogP contribution is 2.39. The van der Waals surface area contributed by atoms with Gasteiger partial charge < -0.3 is 15.5 Å². The van der Waals surface area contributed by atoms with Gasteiger partial charge in [0, 0.05) is 30.8 Å². The van der Waals surface area contributed by atoms with Crippen LogP contribution < -0.4 is 10.6 Å². The molecule has 0 atom stereocenters. The fourth-order valence-corrected chi connectivity index (χ4v) is 5.02. The van der Waals surface area contributed by atoms with E-state index in [2.05, 4.69) is 59.9 Å². The zero-order chi connectivity index (χ0) is 19.7. The van der Waals surface area contributed by atoms with Crippen LogP contribution in [0.5, 0.6) is 0 Å². The molecule has 3 aliphatic rings. The lowest BCUT2D eigenvalue weighted by molar-refractivity contribution is -0.117. The minimum Gasteiger partial charge on any atom is -0.379 e. The lowest BCUT2D eigenvalue weighted by Gasteiger charge is -2.47. The third-order valence-corrected chi connectivity index (χ3v) is 6.63. The molecule has 0 bridgehead atoms. The first kappa shape index (κ1) is 18.9. The van der Waals surface area contributed by atoms with Gasteiger partial charge in [0.2, 0.25) is 0 Å². The fraction of sp³-hybridized carbons (Fsp3) is 0.458. The van der Waals surface area contributed by atoms with Crippen molar-refractivity contribution in [2.24, 2.45) is 0 Å². The largest absolute Gasteiger partial charge is 0.379 e. The van der Waals surface area contributed by atoms with Crippen molar-refractivity contribution in [3.8, 4) is 0 Å². The average Bonchev–Trinajstić information content (AvgIpc) is 2.68. The molecule has 2 N–H and O–H groups in total. The van der Waals surface area contributed by atoms with Crippen molar-refractivity contribution in [2.75, 3.05) is 13.1 Å². The minimum absolute atomic E-state index is 0.0389. The Morgan fingerprint density at radius 1 is 1.18 bits per heavy atom. The summed E-state index contributed by atoms with van der Waals surface area (Å²) >= 11 is 0. The van der Waals surface area contributed by atoms with Crippen LogP contribution in [-0.4, -0.2) is 23.9 Å². The lowest BCUT2D eigenvalue weighted by atomic mass is 9.75. The predicted octanol–water partition coefficient (Wildman–Crippen LogP) is 4.12. The first-order chi connectivity index (χ1) is 13.5. The highest BCUT2D eigenvalue weighted by Gasteiger charge is 2.40. The zero-order valence-corrected chi connectivity index (χ0v) is 16.9. The third-order valence-electron chi connectivity index (χ3n) is 6.63. The number of hydrogen-bond acceptors (Lipinski definition) is 3. The molecule has 1 saturated heterocycles. The molecule has 28 heavy (non-hydrogen) atoms. The van der Waals surface area contributed by atoms with Gasteiger partial charge in [-0.05, 0) is 56.6 Å². The Morgan fingerprint density at radius 2 is 1.89 bits per heavy atom. The number of carbonyl (C=O) groups is 1. The molecule has 2 aliphatic heterocycles. The summed E-state index contributed by atoms with van der Waals surface area (Å²) in [4.78, 5) is 14.9. The van der Waals surface area contributed by atoms with Gasteiger partial charge in [-0.15, -0.1) is 0 Å². The summed E-state index contributed by atoms with van der Waals surface area (Å²) in [6.07, 6.45) is 7.07. The Hall–Kier alpha value is -2.49. The molecule has 4 heteroatoms. The second-order valence-electron chi connectivity index (χ2n) is 8.50. The Bertz CT molecular complexity index is 843.